The van der Waals surface area contributed by atoms with Gasteiger partial charge in [-0.1, -0.05) is 42.3 Å². The minimum atomic E-state index is 0.622. The molecule has 2 heterocycles. The number of allylic oxidation sites excluding steroid dienone is 3. The number of aryl methyl sites for hydroxylation is 1. The van der Waals surface area contributed by atoms with E-state index in [2.05, 4.69) is 72.4 Å². The molecule has 1 atom stereocenters. The fraction of sp³-hybridized carbons (Fsp3) is 0.276. The number of benzene rings is 2. The summed E-state index contributed by atoms with van der Waals surface area (Å²) in [6, 6.07) is 17.0. The Hall–Kier alpha value is -3.31. The molecule has 2 heteroatoms. The molecule has 1 aliphatic carbocycles. The van der Waals surface area contributed by atoms with Crippen LogP contribution in [0, 0.1) is 25.2 Å². The maximum atomic E-state index is 5.49. The highest BCUT2D eigenvalue weighted by atomic mass is 15.2. The van der Waals surface area contributed by atoms with Crippen LogP contribution >= 0.6 is 0 Å². The van der Waals surface area contributed by atoms with E-state index >= 15 is 0 Å². The standard InChI is InChI=1S/C29H28N2/c1-3-22-11-13-24(14-12-22)25-15-16-28-27(19-25)21(2)18-29(30-28)31-17-7-10-26(20-31)23-8-5-4-6-9-23/h1,5,8-9,11-16,18-19,26H,4,6-7,10,17,20H2,2H3. The summed E-state index contributed by atoms with van der Waals surface area (Å²) >= 11 is 0. The maximum Gasteiger partial charge on any atom is 0.129 e. The Balaban J connectivity index is 1.43. The predicted molar refractivity (Wildman–Crippen MR) is 131 cm³/mol. The van der Waals surface area contributed by atoms with Gasteiger partial charge in [-0.15, -0.1) is 6.42 Å². The predicted octanol–water partition coefficient (Wildman–Crippen LogP) is 6.68. The Bertz CT molecular complexity index is 1210. The van der Waals surface area contributed by atoms with Crippen molar-refractivity contribution in [2.24, 2.45) is 5.92 Å². The fourth-order valence-electron chi connectivity index (χ4n) is 4.87. The molecule has 0 bridgehead atoms. The molecule has 0 N–H and O–H groups in total. The van der Waals surface area contributed by atoms with E-state index in [0.717, 1.165) is 30.0 Å². The Morgan fingerprint density at radius 1 is 1.03 bits per heavy atom. The second kappa shape index (κ2) is 8.44. The lowest BCUT2D eigenvalue weighted by Gasteiger charge is -2.35. The van der Waals surface area contributed by atoms with Gasteiger partial charge in [-0.3, -0.25) is 0 Å². The van der Waals surface area contributed by atoms with Gasteiger partial charge < -0.3 is 4.90 Å². The largest absolute Gasteiger partial charge is 0.356 e. The summed E-state index contributed by atoms with van der Waals surface area (Å²) in [6.07, 6.45) is 17.5. The average Bonchev–Trinajstić information content (AvgIpc) is 2.84. The van der Waals surface area contributed by atoms with Gasteiger partial charge >= 0.3 is 0 Å². The molecule has 1 fully saturated rings. The SMILES string of the molecule is C#Cc1ccc(-c2ccc3nc(N4CCCC(C5=CCCC=C5)C4)cc(C)c3c2)cc1. The molecular weight excluding hydrogens is 376 g/mol. The number of rotatable bonds is 3. The molecule has 31 heavy (non-hydrogen) atoms. The van der Waals surface area contributed by atoms with Crippen LogP contribution in [-0.4, -0.2) is 18.1 Å². The van der Waals surface area contributed by atoms with Crippen molar-refractivity contribution >= 4 is 16.7 Å². The van der Waals surface area contributed by atoms with Crippen LogP contribution in [0.3, 0.4) is 0 Å². The van der Waals surface area contributed by atoms with E-state index in [9.17, 15) is 0 Å². The van der Waals surface area contributed by atoms with Gasteiger partial charge in [0, 0.05) is 30.0 Å². The number of hydrogen-bond acceptors (Lipinski definition) is 2. The van der Waals surface area contributed by atoms with Crippen molar-refractivity contribution in [3.8, 4) is 23.5 Å². The van der Waals surface area contributed by atoms with E-state index in [-0.39, 0.29) is 0 Å². The van der Waals surface area contributed by atoms with Crippen molar-refractivity contribution in [3.05, 3.63) is 83.5 Å². The molecule has 0 radical (unpaired) electrons. The first-order chi connectivity index (χ1) is 15.2. The van der Waals surface area contributed by atoms with Gasteiger partial charge in [0.1, 0.15) is 5.82 Å². The number of terminal acetylenes is 1. The van der Waals surface area contributed by atoms with Crippen molar-refractivity contribution in [2.75, 3.05) is 18.0 Å². The fourth-order valence-corrected chi connectivity index (χ4v) is 4.87. The molecule has 2 aromatic carbocycles. The molecule has 2 aliphatic rings. The maximum absolute atomic E-state index is 5.49. The van der Waals surface area contributed by atoms with Gasteiger partial charge in [0.05, 0.1) is 5.52 Å². The highest BCUT2D eigenvalue weighted by Gasteiger charge is 2.23. The number of piperidine rings is 1. The lowest BCUT2D eigenvalue weighted by molar-refractivity contribution is 0.468. The molecule has 1 aliphatic heterocycles. The van der Waals surface area contributed by atoms with Crippen molar-refractivity contribution in [3.63, 3.8) is 0 Å². The quantitative estimate of drug-likeness (QED) is 0.452. The molecule has 154 valence electrons. The van der Waals surface area contributed by atoms with Crippen LogP contribution in [0.4, 0.5) is 5.82 Å². The number of aromatic nitrogens is 1. The first kappa shape index (κ1) is 19.6. The van der Waals surface area contributed by atoms with Crippen molar-refractivity contribution < 1.29 is 0 Å². The third-order valence-corrected chi connectivity index (χ3v) is 6.63. The van der Waals surface area contributed by atoms with Crippen LogP contribution < -0.4 is 4.90 Å². The summed E-state index contributed by atoms with van der Waals surface area (Å²) in [5, 5.41) is 1.22. The van der Waals surface area contributed by atoms with Crippen molar-refractivity contribution in [2.45, 2.75) is 32.6 Å². The van der Waals surface area contributed by atoms with Crippen LogP contribution in [0.5, 0.6) is 0 Å². The molecule has 0 saturated carbocycles. The Morgan fingerprint density at radius 3 is 2.65 bits per heavy atom. The number of nitrogens with zero attached hydrogens (tertiary/aromatic N) is 2. The minimum absolute atomic E-state index is 0.622. The second-order valence-electron chi connectivity index (χ2n) is 8.72. The third-order valence-electron chi connectivity index (χ3n) is 6.63. The zero-order valence-corrected chi connectivity index (χ0v) is 18.1. The van der Waals surface area contributed by atoms with E-state index in [1.54, 1.807) is 0 Å². The summed E-state index contributed by atoms with van der Waals surface area (Å²) in [6.45, 7) is 4.35. The Labute approximate surface area is 185 Å². The van der Waals surface area contributed by atoms with Crippen molar-refractivity contribution in [1.82, 2.24) is 4.98 Å². The van der Waals surface area contributed by atoms with Crippen LogP contribution in [0.25, 0.3) is 22.0 Å². The molecule has 0 amide bonds. The highest BCUT2D eigenvalue weighted by Crippen LogP contribution is 2.32. The van der Waals surface area contributed by atoms with Gasteiger partial charge in [-0.25, -0.2) is 4.98 Å². The van der Waals surface area contributed by atoms with Gasteiger partial charge in [-0.2, -0.15) is 0 Å². The lowest BCUT2D eigenvalue weighted by atomic mass is 9.87. The third kappa shape index (κ3) is 4.01. The Morgan fingerprint density at radius 2 is 1.87 bits per heavy atom. The smallest absolute Gasteiger partial charge is 0.129 e. The minimum Gasteiger partial charge on any atom is -0.356 e. The normalized spacial score (nSPS) is 18.6. The zero-order chi connectivity index (χ0) is 21.2. The topological polar surface area (TPSA) is 16.1 Å². The molecule has 2 nitrogen and oxygen atoms in total. The van der Waals surface area contributed by atoms with E-state index in [0.29, 0.717) is 5.92 Å². The summed E-state index contributed by atoms with van der Waals surface area (Å²) in [5.41, 5.74) is 7.15. The molecule has 1 unspecified atom stereocenters. The summed E-state index contributed by atoms with van der Waals surface area (Å²) < 4.78 is 0. The number of hydrogen-bond donors (Lipinski definition) is 0. The lowest BCUT2D eigenvalue weighted by Crippen LogP contribution is -2.36. The molecular formula is C29H28N2. The monoisotopic (exact) mass is 404 g/mol. The zero-order valence-electron chi connectivity index (χ0n) is 18.1. The van der Waals surface area contributed by atoms with Crippen molar-refractivity contribution in [1.29, 1.82) is 0 Å². The van der Waals surface area contributed by atoms with Crippen LogP contribution in [0.1, 0.15) is 36.8 Å². The molecule has 5 rings (SSSR count). The van der Waals surface area contributed by atoms with Crippen LogP contribution in [-0.2, 0) is 0 Å². The second-order valence-corrected chi connectivity index (χ2v) is 8.72. The van der Waals surface area contributed by atoms with Gasteiger partial charge in [0.2, 0.25) is 0 Å². The van der Waals surface area contributed by atoms with Crippen LogP contribution in [0.2, 0.25) is 0 Å². The average molecular weight is 405 g/mol. The first-order valence-electron chi connectivity index (χ1n) is 11.3. The van der Waals surface area contributed by atoms with E-state index in [4.69, 9.17) is 11.4 Å². The van der Waals surface area contributed by atoms with Gasteiger partial charge in [0.15, 0.2) is 0 Å². The summed E-state index contributed by atoms with van der Waals surface area (Å²) in [7, 11) is 0. The molecule has 3 aromatic rings. The molecule has 0 spiro atoms. The first-order valence-corrected chi connectivity index (χ1v) is 11.3. The van der Waals surface area contributed by atoms with Gasteiger partial charge in [0.25, 0.3) is 0 Å². The van der Waals surface area contributed by atoms with E-state index < -0.39 is 0 Å². The highest BCUT2D eigenvalue weighted by molar-refractivity contribution is 5.88. The number of anilines is 1. The van der Waals surface area contributed by atoms with Gasteiger partial charge in [-0.05, 0) is 85.2 Å². The number of pyridine rings is 1. The summed E-state index contributed by atoms with van der Waals surface area (Å²) in [5.74, 6) is 4.42. The van der Waals surface area contributed by atoms with E-state index in [1.807, 2.05) is 12.1 Å². The molecule has 1 aromatic heterocycles. The number of fused-ring (bicyclic) bond motifs is 1. The summed E-state index contributed by atoms with van der Waals surface area (Å²) in [4.78, 5) is 7.55. The Kier molecular flexibility index (Phi) is 5.35. The van der Waals surface area contributed by atoms with E-state index in [1.165, 1.54) is 53.3 Å². The molecule has 1 saturated heterocycles. The van der Waals surface area contributed by atoms with Crippen LogP contribution in [0.15, 0.2) is 72.3 Å².